The summed E-state index contributed by atoms with van der Waals surface area (Å²) in [5, 5.41) is 17.1. The summed E-state index contributed by atoms with van der Waals surface area (Å²) in [4.78, 5) is 25.6. The Balaban J connectivity index is 1.74. The lowest BCUT2D eigenvalue weighted by atomic mass is 10.0. The second-order valence-electron chi connectivity index (χ2n) is 10.0. The smallest absolute Gasteiger partial charge is 0.247 e. The van der Waals surface area contributed by atoms with Crippen molar-refractivity contribution in [1.82, 2.24) is 19.4 Å². The maximum absolute atomic E-state index is 12.3. The Morgan fingerprint density at radius 1 is 1.20 bits per heavy atom. The number of nitriles is 1. The molecular formula is C31H36N8O2. The van der Waals surface area contributed by atoms with Crippen LogP contribution in [-0.4, -0.2) is 66.7 Å². The van der Waals surface area contributed by atoms with Gasteiger partial charge in [0, 0.05) is 56.6 Å². The number of likely N-dealkylation sites (N-methyl/N-ethyl adjacent to an activating group) is 2. The first kappa shape index (κ1) is 29.1. The highest BCUT2D eigenvalue weighted by molar-refractivity contribution is 6.02. The SMILES string of the molecule is C=CC(=O)Nc1cc(Nc2nccc(-c3cc(C#N)c4c(c3)c(CC)cn4C)n2)c(OC)cc1N(C)CCN(C)C. The van der Waals surface area contributed by atoms with Crippen LogP contribution < -0.4 is 20.3 Å². The standard InChI is InChI=1S/C31H36N8O2/c1-8-20-19-39(6)30-22(18-32)14-21(15-23(20)30)24-10-11-33-31(35-24)36-26-16-25(34-29(40)9-2)27(17-28(26)41-7)38(5)13-12-37(3)4/h9-11,14-17,19H,2,8,12-13H2,1,3-7H3,(H,34,40)(H,33,35,36). The summed E-state index contributed by atoms with van der Waals surface area (Å²) in [7, 11) is 9.53. The Kier molecular flexibility index (Phi) is 8.90. The minimum atomic E-state index is -0.322. The Morgan fingerprint density at radius 2 is 1.98 bits per heavy atom. The molecule has 0 saturated heterocycles. The van der Waals surface area contributed by atoms with Crippen molar-refractivity contribution in [2.75, 3.05) is 56.9 Å². The summed E-state index contributed by atoms with van der Waals surface area (Å²) in [5.74, 6) is 0.586. The number of fused-ring (bicyclic) bond motifs is 1. The van der Waals surface area contributed by atoms with Crippen molar-refractivity contribution in [1.29, 1.82) is 5.26 Å². The van der Waals surface area contributed by atoms with Gasteiger partial charge >= 0.3 is 0 Å². The predicted octanol–water partition coefficient (Wildman–Crippen LogP) is 4.94. The van der Waals surface area contributed by atoms with Crippen LogP contribution in [0.5, 0.6) is 5.75 Å². The van der Waals surface area contributed by atoms with E-state index in [9.17, 15) is 10.1 Å². The number of nitrogens with one attached hydrogen (secondary N) is 2. The van der Waals surface area contributed by atoms with E-state index in [0.29, 0.717) is 34.3 Å². The van der Waals surface area contributed by atoms with Gasteiger partial charge in [-0.05, 0) is 56.4 Å². The van der Waals surface area contributed by atoms with E-state index in [1.165, 1.54) is 11.6 Å². The molecular weight excluding hydrogens is 516 g/mol. The lowest BCUT2D eigenvalue weighted by molar-refractivity contribution is -0.111. The summed E-state index contributed by atoms with van der Waals surface area (Å²) in [6.07, 6.45) is 5.82. The van der Waals surface area contributed by atoms with Crippen LogP contribution in [0.1, 0.15) is 18.1 Å². The van der Waals surface area contributed by atoms with Crippen LogP contribution in [-0.2, 0) is 18.3 Å². The number of aryl methyl sites for hydroxylation is 2. The van der Waals surface area contributed by atoms with Gasteiger partial charge in [0.05, 0.1) is 40.9 Å². The summed E-state index contributed by atoms with van der Waals surface area (Å²) >= 11 is 0. The number of benzene rings is 2. The largest absolute Gasteiger partial charge is 0.494 e. The van der Waals surface area contributed by atoms with E-state index in [0.717, 1.165) is 41.7 Å². The zero-order valence-corrected chi connectivity index (χ0v) is 24.4. The fourth-order valence-corrected chi connectivity index (χ4v) is 4.75. The highest BCUT2D eigenvalue weighted by Crippen LogP contribution is 2.38. The molecule has 2 N–H and O–H groups in total. The quantitative estimate of drug-likeness (QED) is 0.252. The molecule has 10 heteroatoms. The van der Waals surface area contributed by atoms with Gasteiger partial charge in [-0.2, -0.15) is 5.26 Å². The van der Waals surface area contributed by atoms with Crippen LogP contribution in [0.2, 0.25) is 0 Å². The van der Waals surface area contributed by atoms with Gasteiger partial charge in [-0.3, -0.25) is 4.79 Å². The second kappa shape index (κ2) is 12.5. The van der Waals surface area contributed by atoms with Gasteiger partial charge < -0.3 is 29.7 Å². The molecule has 2 heterocycles. The topological polar surface area (TPSA) is 111 Å². The van der Waals surface area contributed by atoms with Gasteiger partial charge in [-0.1, -0.05) is 13.5 Å². The molecule has 0 bridgehead atoms. The number of aromatic nitrogens is 3. The van der Waals surface area contributed by atoms with Gasteiger partial charge in [0.1, 0.15) is 11.8 Å². The Labute approximate surface area is 240 Å². The number of methoxy groups -OCH3 is 1. The molecule has 0 unspecified atom stereocenters. The maximum atomic E-state index is 12.3. The fourth-order valence-electron chi connectivity index (χ4n) is 4.75. The van der Waals surface area contributed by atoms with Gasteiger partial charge in [-0.15, -0.1) is 0 Å². The van der Waals surface area contributed by atoms with Crippen LogP contribution in [0.25, 0.3) is 22.2 Å². The van der Waals surface area contributed by atoms with Crippen LogP contribution >= 0.6 is 0 Å². The molecule has 10 nitrogen and oxygen atoms in total. The molecule has 0 radical (unpaired) electrons. The fraction of sp³-hybridized carbons (Fsp3) is 0.290. The van der Waals surface area contributed by atoms with Crippen LogP contribution in [0, 0.1) is 11.3 Å². The first-order chi connectivity index (χ1) is 19.7. The van der Waals surface area contributed by atoms with Crippen molar-refractivity contribution >= 4 is 39.8 Å². The van der Waals surface area contributed by atoms with Gasteiger partial charge in [0.2, 0.25) is 11.9 Å². The average Bonchev–Trinajstić information content (AvgIpc) is 3.30. The highest BCUT2D eigenvalue weighted by atomic mass is 16.5. The van der Waals surface area contributed by atoms with Crippen molar-refractivity contribution in [3.63, 3.8) is 0 Å². The molecule has 1 amide bonds. The van der Waals surface area contributed by atoms with Crippen LogP contribution in [0.3, 0.4) is 0 Å². The summed E-state index contributed by atoms with van der Waals surface area (Å²) < 4.78 is 7.72. The van der Waals surface area contributed by atoms with E-state index in [2.05, 4.69) is 57.3 Å². The van der Waals surface area contributed by atoms with E-state index in [1.807, 2.05) is 51.0 Å². The molecule has 0 fully saturated rings. The molecule has 4 rings (SSSR count). The monoisotopic (exact) mass is 552 g/mol. The highest BCUT2D eigenvalue weighted by Gasteiger charge is 2.18. The lowest BCUT2D eigenvalue weighted by Crippen LogP contribution is -2.29. The number of ether oxygens (including phenoxy) is 1. The molecule has 41 heavy (non-hydrogen) atoms. The third-order valence-corrected chi connectivity index (χ3v) is 6.91. The number of carbonyl (C=O) groups excluding carboxylic acids is 1. The second-order valence-corrected chi connectivity index (χ2v) is 10.0. The molecule has 0 aliphatic rings. The van der Waals surface area contributed by atoms with E-state index in [1.54, 1.807) is 19.4 Å². The molecule has 0 aliphatic heterocycles. The summed E-state index contributed by atoms with van der Waals surface area (Å²) in [6, 6.07) is 11.8. The number of carbonyl (C=O) groups is 1. The number of hydrogen-bond acceptors (Lipinski definition) is 8. The first-order valence-corrected chi connectivity index (χ1v) is 13.3. The normalized spacial score (nSPS) is 10.9. The van der Waals surface area contributed by atoms with Crippen molar-refractivity contribution in [2.24, 2.45) is 7.05 Å². The molecule has 0 saturated carbocycles. The lowest BCUT2D eigenvalue weighted by Gasteiger charge is -2.26. The van der Waals surface area contributed by atoms with Crippen LogP contribution in [0.4, 0.5) is 23.0 Å². The molecule has 4 aromatic rings. The van der Waals surface area contributed by atoms with Crippen molar-refractivity contribution in [3.05, 3.63) is 66.5 Å². The van der Waals surface area contributed by atoms with Gasteiger partial charge in [0.25, 0.3) is 0 Å². The Morgan fingerprint density at radius 3 is 2.63 bits per heavy atom. The number of amides is 1. The molecule has 2 aromatic heterocycles. The Hall–Kier alpha value is -4.88. The maximum Gasteiger partial charge on any atom is 0.247 e. The van der Waals surface area contributed by atoms with Crippen molar-refractivity contribution in [2.45, 2.75) is 13.3 Å². The predicted molar refractivity (Wildman–Crippen MR) is 165 cm³/mol. The number of anilines is 4. The number of hydrogen-bond donors (Lipinski definition) is 2. The third kappa shape index (κ3) is 6.31. The zero-order valence-electron chi connectivity index (χ0n) is 24.4. The Bertz CT molecular complexity index is 1630. The number of rotatable bonds is 11. The summed E-state index contributed by atoms with van der Waals surface area (Å²) in [5.41, 5.74) is 6.14. The van der Waals surface area contributed by atoms with E-state index >= 15 is 0 Å². The summed E-state index contributed by atoms with van der Waals surface area (Å²) in [6.45, 7) is 7.25. The van der Waals surface area contributed by atoms with Gasteiger partial charge in [-0.25, -0.2) is 9.97 Å². The first-order valence-electron chi connectivity index (χ1n) is 13.3. The van der Waals surface area contributed by atoms with Crippen molar-refractivity contribution < 1.29 is 9.53 Å². The van der Waals surface area contributed by atoms with E-state index < -0.39 is 0 Å². The molecule has 2 aromatic carbocycles. The molecule has 0 spiro atoms. The minimum Gasteiger partial charge on any atom is -0.494 e. The van der Waals surface area contributed by atoms with Crippen LogP contribution in [0.15, 0.2) is 55.4 Å². The van der Waals surface area contributed by atoms with Gasteiger partial charge in [0.15, 0.2) is 0 Å². The zero-order chi connectivity index (χ0) is 29.7. The molecule has 212 valence electrons. The molecule has 0 atom stereocenters. The van der Waals surface area contributed by atoms with E-state index in [4.69, 9.17) is 9.72 Å². The third-order valence-electron chi connectivity index (χ3n) is 6.91. The average molecular weight is 553 g/mol. The van der Waals surface area contributed by atoms with E-state index in [-0.39, 0.29) is 5.91 Å². The number of nitrogens with zero attached hydrogens (tertiary/aromatic N) is 6. The molecule has 0 aliphatic carbocycles. The van der Waals surface area contributed by atoms with Crippen molar-refractivity contribution in [3.8, 4) is 23.1 Å². The minimum absolute atomic E-state index is 0.322.